The minimum atomic E-state index is 0.424. The number of furan rings is 1. The van der Waals surface area contributed by atoms with E-state index in [1.165, 1.54) is 49.4 Å². The normalized spacial score (nSPS) is 12.1. The van der Waals surface area contributed by atoms with Gasteiger partial charge in [0, 0.05) is 16.3 Å². The van der Waals surface area contributed by atoms with Crippen LogP contribution in [0.4, 0.5) is 0 Å². The summed E-state index contributed by atoms with van der Waals surface area (Å²) >= 11 is 0. The third-order valence-corrected chi connectivity index (χ3v) is 9.71. The van der Waals surface area contributed by atoms with E-state index >= 15 is 0 Å². The lowest BCUT2D eigenvalue weighted by Crippen LogP contribution is -1.93. The molecule has 0 bridgehead atoms. The third-order valence-electron chi connectivity index (χ3n) is 9.71. The lowest BCUT2D eigenvalue weighted by molar-refractivity contribution is 0.670. The first kappa shape index (κ1) is 25.1. The average molecular weight is 598 g/mol. The van der Waals surface area contributed by atoms with E-state index in [-0.39, 0.29) is 0 Å². The van der Waals surface area contributed by atoms with Crippen LogP contribution in [0.15, 0.2) is 174 Å². The Kier molecular flexibility index (Phi) is 5.42. The molecule has 0 aliphatic rings. The van der Waals surface area contributed by atoms with E-state index in [9.17, 15) is 1.37 Å². The van der Waals surface area contributed by atoms with Crippen molar-refractivity contribution < 1.29 is 5.79 Å². The Hall–Kier alpha value is -6.18. The molecule has 10 aromatic rings. The molecule has 10 rings (SSSR count). The van der Waals surface area contributed by atoms with Crippen LogP contribution >= 0.6 is 0 Å². The van der Waals surface area contributed by atoms with Crippen LogP contribution in [0, 0.1) is 0 Å². The second kappa shape index (κ2) is 10.2. The van der Waals surface area contributed by atoms with E-state index in [1.54, 1.807) is 0 Å². The van der Waals surface area contributed by atoms with Crippen LogP contribution in [-0.4, -0.2) is 0 Å². The highest BCUT2D eigenvalue weighted by Crippen LogP contribution is 2.50. The number of hydrogen-bond acceptors (Lipinski definition) is 1. The van der Waals surface area contributed by atoms with E-state index in [2.05, 4.69) is 158 Å². The molecule has 0 saturated heterocycles. The third kappa shape index (κ3) is 3.90. The summed E-state index contributed by atoms with van der Waals surface area (Å²) in [5, 5.41) is 11.0. The molecule has 0 fully saturated rings. The first-order valence-corrected chi connectivity index (χ1v) is 16.1. The summed E-state index contributed by atoms with van der Waals surface area (Å²) in [6, 6.07) is 58.6. The molecule has 9 aromatic carbocycles. The van der Waals surface area contributed by atoms with Gasteiger partial charge in [-0.05, 0) is 89.1 Å². The first-order chi connectivity index (χ1) is 23.8. The predicted octanol–water partition coefficient (Wildman–Crippen LogP) is 13.2. The molecule has 0 aliphatic heterocycles. The minimum absolute atomic E-state index is 0.424. The lowest BCUT2D eigenvalue weighted by atomic mass is 9.83. The van der Waals surface area contributed by atoms with Gasteiger partial charge in [0.25, 0.3) is 0 Å². The van der Waals surface area contributed by atoms with Gasteiger partial charge >= 0.3 is 0 Å². The second-order valence-electron chi connectivity index (χ2n) is 12.3. The van der Waals surface area contributed by atoms with Crippen molar-refractivity contribution in [2.75, 3.05) is 0 Å². The standard InChI is InChI=1S/C46H28O/c1-2-13-29(14-3-1)31-17-12-18-33(27-31)42-36-21-8-10-23-38(36)43(39-24-11-9-22-37(39)42)45-35-20-7-5-16-32(35)28-41-46(45)44-34-19-6-4-15-30(34)25-26-40(44)47-41/h1-28H/i28D. The van der Waals surface area contributed by atoms with E-state index in [1.807, 2.05) is 6.07 Å². The molecule has 1 heteroatoms. The Bertz CT molecular complexity index is 2840. The summed E-state index contributed by atoms with van der Waals surface area (Å²) in [4.78, 5) is 0. The lowest BCUT2D eigenvalue weighted by Gasteiger charge is -2.20. The predicted molar refractivity (Wildman–Crippen MR) is 200 cm³/mol. The van der Waals surface area contributed by atoms with Crippen LogP contribution in [0.5, 0.6) is 0 Å². The van der Waals surface area contributed by atoms with Gasteiger partial charge in [-0.15, -0.1) is 0 Å². The maximum Gasteiger partial charge on any atom is 0.136 e. The Morgan fingerprint density at radius 3 is 1.62 bits per heavy atom. The van der Waals surface area contributed by atoms with Crippen molar-refractivity contribution in [3.8, 4) is 33.4 Å². The van der Waals surface area contributed by atoms with E-state index < -0.39 is 0 Å². The maximum absolute atomic E-state index is 9.40. The summed E-state index contributed by atoms with van der Waals surface area (Å²) in [5.41, 5.74) is 8.52. The number of rotatable bonds is 3. The molecule has 0 radical (unpaired) electrons. The second-order valence-corrected chi connectivity index (χ2v) is 12.3. The first-order valence-electron chi connectivity index (χ1n) is 16.6. The molecule has 1 aromatic heterocycles. The summed E-state index contributed by atoms with van der Waals surface area (Å²) < 4.78 is 16.0. The van der Waals surface area contributed by atoms with Crippen molar-refractivity contribution in [1.29, 1.82) is 0 Å². The smallest absolute Gasteiger partial charge is 0.136 e. The Balaban J connectivity index is 1.41. The molecule has 47 heavy (non-hydrogen) atoms. The molecule has 218 valence electrons. The van der Waals surface area contributed by atoms with Crippen molar-refractivity contribution in [2.24, 2.45) is 0 Å². The zero-order valence-corrected chi connectivity index (χ0v) is 25.5. The maximum atomic E-state index is 9.40. The largest absolute Gasteiger partial charge is 0.456 e. The molecular weight excluding hydrogens is 569 g/mol. The van der Waals surface area contributed by atoms with Gasteiger partial charge in [0.2, 0.25) is 0 Å². The van der Waals surface area contributed by atoms with Crippen LogP contribution in [0.1, 0.15) is 1.37 Å². The molecule has 0 spiro atoms. The monoisotopic (exact) mass is 597 g/mol. The van der Waals surface area contributed by atoms with Crippen molar-refractivity contribution in [1.82, 2.24) is 0 Å². The quantitative estimate of drug-likeness (QED) is 0.185. The zero-order valence-electron chi connectivity index (χ0n) is 26.5. The van der Waals surface area contributed by atoms with Gasteiger partial charge in [-0.1, -0.05) is 152 Å². The van der Waals surface area contributed by atoms with Gasteiger partial charge in [0.05, 0.1) is 1.37 Å². The summed E-state index contributed by atoms with van der Waals surface area (Å²) in [7, 11) is 0. The number of benzene rings is 9. The van der Waals surface area contributed by atoms with Crippen LogP contribution in [0.2, 0.25) is 0 Å². The average Bonchev–Trinajstić information content (AvgIpc) is 3.55. The highest BCUT2D eigenvalue weighted by molar-refractivity contribution is 6.32. The molecular formula is C46H28O. The number of fused-ring (bicyclic) bond motifs is 8. The topological polar surface area (TPSA) is 13.1 Å². The van der Waals surface area contributed by atoms with Crippen LogP contribution in [0.3, 0.4) is 0 Å². The molecule has 0 saturated carbocycles. The number of hydrogen-bond donors (Lipinski definition) is 0. The Morgan fingerprint density at radius 1 is 0.340 bits per heavy atom. The zero-order chi connectivity index (χ0) is 31.8. The van der Waals surface area contributed by atoms with Gasteiger partial charge in [-0.25, -0.2) is 0 Å². The van der Waals surface area contributed by atoms with Crippen molar-refractivity contribution in [3.63, 3.8) is 0 Å². The van der Waals surface area contributed by atoms with Crippen molar-refractivity contribution in [2.45, 2.75) is 0 Å². The van der Waals surface area contributed by atoms with E-state index in [0.29, 0.717) is 11.6 Å². The van der Waals surface area contributed by atoms with Crippen molar-refractivity contribution in [3.05, 3.63) is 170 Å². The fourth-order valence-corrected chi connectivity index (χ4v) is 7.72. The molecule has 0 unspecified atom stereocenters. The van der Waals surface area contributed by atoms with Gasteiger partial charge in [0.1, 0.15) is 11.2 Å². The molecule has 0 N–H and O–H groups in total. The Labute approximate surface area is 273 Å². The van der Waals surface area contributed by atoms with Crippen molar-refractivity contribution >= 4 is 65.0 Å². The highest BCUT2D eigenvalue weighted by atomic mass is 16.3. The SMILES string of the molecule is [2H]c1c2ccccc2c(-c2c3ccccc3c(-c3cccc(-c4ccccc4)c3)c3ccccc23)c2c1oc1ccc3ccccc3c12. The fourth-order valence-electron chi connectivity index (χ4n) is 7.72. The van der Waals surface area contributed by atoms with Gasteiger partial charge in [-0.2, -0.15) is 0 Å². The summed E-state index contributed by atoms with van der Waals surface area (Å²) in [6.45, 7) is 0. The minimum Gasteiger partial charge on any atom is -0.456 e. The van der Waals surface area contributed by atoms with Crippen LogP contribution in [-0.2, 0) is 0 Å². The van der Waals surface area contributed by atoms with Gasteiger partial charge in [-0.3, -0.25) is 0 Å². The van der Waals surface area contributed by atoms with Gasteiger partial charge < -0.3 is 4.42 Å². The van der Waals surface area contributed by atoms with E-state index in [0.717, 1.165) is 43.5 Å². The fraction of sp³-hybridized carbons (Fsp3) is 0. The molecule has 1 heterocycles. The molecule has 1 nitrogen and oxygen atoms in total. The Morgan fingerprint density at radius 2 is 0.894 bits per heavy atom. The molecule has 0 atom stereocenters. The summed E-state index contributed by atoms with van der Waals surface area (Å²) in [6.07, 6.45) is 0. The van der Waals surface area contributed by atoms with Crippen LogP contribution < -0.4 is 0 Å². The van der Waals surface area contributed by atoms with Gasteiger partial charge in [0.15, 0.2) is 0 Å². The highest BCUT2D eigenvalue weighted by Gasteiger charge is 2.23. The van der Waals surface area contributed by atoms with E-state index in [4.69, 9.17) is 4.42 Å². The molecule has 0 amide bonds. The molecule has 0 aliphatic carbocycles. The summed E-state index contributed by atoms with van der Waals surface area (Å²) in [5.74, 6) is 0. The van der Waals surface area contributed by atoms with Crippen LogP contribution in [0.25, 0.3) is 98.4 Å².